The fraction of sp³-hybridized carbons (Fsp3) is 0.429. The summed E-state index contributed by atoms with van der Waals surface area (Å²) in [4.78, 5) is 11.3. The van der Waals surface area contributed by atoms with Gasteiger partial charge in [0.1, 0.15) is 11.6 Å². The van der Waals surface area contributed by atoms with Crippen molar-refractivity contribution in [2.24, 2.45) is 11.7 Å². The monoisotopic (exact) mass is 257 g/mol. The zero-order valence-corrected chi connectivity index (χ0v) is 11.1. The lowest BCUT2D eigenvalue weighted by Gasteiger charge is -2.14. The molecule has 0 saturated carbocycles. The van der Waals surface area contributed by atoms with Gasteiger partial charge in [0, 0.05) is 24.5 Å². The van der Waals surface area contributed by atoms with Gasteiger partial charge >= 0.3 is 0 Å². The number of nitrogen functional groups attached to an aromatic ring is 1. The second-order valence-electron chi connectivity index (χ2n) is 5.38. The topological polar surface area (TPSA) is 81.1 Å². The fourth-order valence-electron chi connectivity index (χ4n) is 2.65. The molecule has 5 nitrogen and oxygen atoms in total. The molecule has 0 radical (unpaired) electrons. The molecule has 1 aliphatic rings. The third-order valence-electron chi connectivity index (χ3n) is 3.79. The van der Waals surface area contributed by atoms with Crippen LogP contribution in [0.5, 0.6) is 0 Å². The number of benzene rings is 1. The van der Waals surface area contributed by atoms with E-state index in [9.17, 15) is 0 Å². The molecule has 2 aromatic rings. The molecule has 1 fully saturated rings. The van der Waals surface area contributed by atoms with E-state index < -0.39 is 0 Å². The van der Waals surface area contributed by atoms with E-state index in [1.54, 1.807) is 0 Å². The molecule has 0 spiro atoms. The maximum atomic E-state index is 6.04. The second kappa shape index (κ2) is 4.75. The normalized spacial score (nSPS) is 24.1. The van der Waals surface area contributed by atoms with Gasteiger partial charge in [-0.3, -0.25) is 4.90 Å². The highest BCUT2D eigenvalue weighted by molar-refractivity contribution is 5.87. The minimum Gasteiger partial charge on any atom is -0.383 e. The number of hydrogen-bond donors (Lipinski definition) is 2. The average molecular weight is 257 g/mol. The predicted molar refractivity (Wildman–Crippen MR) is 76.4 cm³/mol. The van der Waals surface area contributed by atoms with Crippen molar-refractivity contribution in [2.45, 2.75) is 19.5 Å². The van der Waals surface area contributed by atoms with E-state index in [1.807, 2.05) is 24.3 Å². The lowest BCUT2D eigenvalue weighted by atomic mass is 10.1. The van der Waals surface area contributed by atoms with E-state index in [2.05, 4.69) is 21.8 Å². The van der Waals surface area contributed by atoms with Crippen LogP contribution in [-0.2, 0) is 6.54 Å². The first-order chi connectivity index (χ1) is 9.13. The zero-order chi connectivity index (χ0) is 13.4. The summed E-state index contributed by atoms with van der Waals surface area (Å²) >= 11 is 0. The third kappa shape index (κ3) is 2.39. The number of rotatable bonds is 2. The van der Waals surface area contributed by atoms with Crippen LogP contribution >= 0.6 is 0 Å². The molecule has 100 valence electrons. The van der Waals surface area contributed by atoms with Gasteiger partial charge in [0.05, 0.1) is 12.1 Å². The summed E-state index contributed by atoms with van der Waals surface area (Å²) in [6.45, 7) is 4.79. The van der Waals surface area contributed by atoms with E-state index in [1.165, 1.54) is 0 Å². The summed E-state index contributed by atoms with van der Waals surface area (Å²) in [6, 6.07) is 8.07. The minimum atomic E-state index is 0.248. The van der Waals surface area contributed by atoms with Crippen LogP contribution in [0, 0.1) is 5.92 Å². The smallest absolute Gasteiger partial charge is 0.145 e. The Hall–Kier alpha value is -1.72. The minimum absolute atomic E-state index is 0.248. The summed E-state index contributed by atoms with van der Waals surface area (Å²) < 4.78 is 0. The zero-order valence-electron chi connectivity index (χ0n) is 11.1. The summed E-state index contributed by atoms with van der Waals surface area (Å²) in [5.74, 6) is 1.85. The molecule has 0 bridgehead atoms. The van der Waals surface area contributed by atoms with Crippen LogP contribution in [0.15, 0.2) is 24.3 Å². The first kappa shape index (κ1) is 12.3. The number of nitrogens with zero attached hydrogens (tertiary/aromatic N) is 3. The first-order valence-corrected chi connectivity index (χ1v) is 6.62. The van der Waals surface area contributed by atoms with E-state index in [-0.39, 0.29) is 6.04 Å². The highest BCUT2D eigenvalue weighted by Crippen LogP contribution is 2.20. The largest absolute Gasteiger partial charge is 0.383 e. The molecule has 19 heavy (non-hydrogen) atoms. The van der Waals surface area contributed by atoms with Crippen LogP contribution in [-0.4, -0.2) is 34.0 Å². The Balaban J connectivity index is 1.86. The Bertz CT molecular complexity index is 587. The Morgan fingerprint density at radius 2 is 2.05 bits per heavy atom. The van der Waals surface area contributed by atoms with Gasteiger partial charge in [-0.1, -0.05) is 19.1 Å². The van der Waals surface area contributed by atoms with Gasteiger partial charge in [0.2, 0.25) is 0 Å². The summed E-state index contributed by atoms with van der Waals surface area (Å²) in [5.41, 5.74) is 12.9. The number of para-hydroxylation sites is 1. The van der Waals surface area contributed by atoms with E-state index >= 15 is 0 Å². The van der Waals surface area contributed by atoms with Crippen molar-refractivity contribution in [3.05, 3.63) is 30.1 Å². The van der Waals surface area contributed by atoms with Crippen molar-refractivity contribution in [3.8, 4) is 0 Å². The number of anilines is 1. The SMILES string of the molecule is CC1CN(Cc2nc(N)c3ccccc3n2)CC1N. The first-order valence-electron chi connectivity index (χ1n) is 6.62. The van der Waals surface area contributed by atoms with Crippen LogP contribution in [0.25, 0.3) is 10.9 Å². The van der Waals surface area contributed by atoms with E-state index in [4.69, 9.17) is 11.5 Å². The van der Waals surface area contributed by atoms with Crippen LogP contribution in [0.3, 0.4) is 0 Å². The van der Waals surface area contributed by atoms with E-state index in [0.717, 1.165) is 29.8 Å². The maximum Gasteiger partial charge on any atom is 0.145 e. The molecule has 2 atom stereocenters. The summed E-state index contributed by atoms with van der Waals surface area (Å²) in [6.07, 6.45) is 0. The van der Waals surface area contributed by atoms with Crippen LogP contribution < -0.4 is 11.5 Å². The highest BCUT2D eigenvalue weighted by atomic mass is 15.2. The molecule has 1 aromatic carbocycles. The van der Waals surface area contributed by atoms with Crippen LogP contribution in [0.4, 0.5) is 5.82 Å². The van der Waals surface area contributed by atoms with Crippen molar-refractivity contribution < 1.29 is 0 Å². The molecule has 0 amide bonds. The number of fused-ring (bicyclic) bond motifs is 1. The molecule has 5 heteroatoms. The van der Waals surface area contributed by atoms with Gasteiger partial charge in [-0.2, -0.15) is 0 Å². The molecular weight excluding hydrogens is 238 g/mol. The molecule has 2 unspecified atom stereocenters. The van der Waals surface area contributed by atoms with Crippen molar-refractivity contribution in [3.63, 3.8) is 0 Å². The van der Waals surface area contributed by atoms with Crippen molar-refractivity contribution >= 4 is 16.7 Å². The summed E-state index contributed by atoms with van der Waals surface area (Å²) in [5, 5.41) is 0.915. The Kier molecular flexibility index (Phi) is 3.08. The third-order valence-corrected chi connectivity index (χ3v) is 3.79. The van der Waals surface area contributed by atoms with Gasteiger partial charge in [0.25, 0.3) is 0 Å². The van der Waals surface area contributed by atoms with Crippen molar-refractivity contribution in [2.75, 3.05) is 18.8 Å². The molecule has 1 saturated heterocycles. The maximum absolute atomic E-state index is 6.04. The van der Waals surface area contributed by atoms with Gasteiger partial charge in [-0.15, -0.1) is 0 Å². The molecule has 1 aromatic heterocycles. The standard InChI is InChI=1S/C14H19N5/c1-9-6-19(7-11(9)15)8-13-17-12-5-3-2-4-10(12)14(16)18-13/h2-5,9,11H,6-8,15H2,1H3,(H2,16,17,18). The fourth-order valence-corrected chi connectivity index (χ4v) is 2.65. The van der Waals surface area contributed by atoms with Crippen LogP contribution in [0.2, 0.25) is 0 Å². The van der Waals surface area contributed by atoms with E-state index in [0.29, 0.717) is 18.3 Å². The highest BCUT2D eigenvalue weighted by Gasteiger charge is 2.27. The molecule has 2 heterocycles. The lowest BCUT2D eigenvalue weighted by molar-refractivity contribution is 0.311. The predicted octanol–water partition coefficient (Wildman–Crippen LogP) is 0.991. The van der Waals surface area contributed by atoms with Crippen LogP contribution in [0.1, 0.15) is 12.7 Å². The molecular formula is C14H19N5. The second-order valence-corrected chi connectivity index (χ2v) is 5.38. The number of hydrogen-bond acceptors (Lipinski definition) is 5. The van der Waals surface area contributed by atoms with Gasteiger partial charge in [-0.05, 0) is 18.1 Å². The molecule has 4 N–H and O–H groups in total. The molecule has 1 aliphatic heterocycles. The Morgan fingerprint density at radius 1 is 1.26 bits per heavy atom. The lowest BCUT2D eigenvalue weighted by Crippen LogP contribution is -2.28. The Labute approximate surface area is 112 Å². The van der Waals surface area contributed by atoms with Gasteiger partial charge in [0.15, 0.2) is 0 Å². The number of likely N-dealkylation sites (tertiary alicyclic amines) is 1. The van der Waals surface area contributed by atoms with Crippen molar-refractivity contribution in [1.29, 1.82) is 0 Å². The molecule has 3 rings (SSSR count). The van der Waals surface area contributed by atoms with Gasteiger partial charge < -0.3 is 11.5 Å². The Morgan fingerprint density at radius 3 is 2.79 bits per heavy atom. The number of aromatic nitrogens is 2. The number of nitrogens with two attached hydrogens (primary N) is 2. The summed E-state index contributed by atoms with van der Waals surface area (Å²) in [7, 11) is 0. The van der Waals surface area contributed by atoms with Crippen molar-refractivity contribution in [1.82, 2.24) is 14.9 Å². The average Bonchev–Trinajstić information content (AvgIpc) is 2.68. The quantitative estimate of drug-likeness (QED) is 0.838. The van der Waals surface area contributed by atoms with Gasteiger partial charge in [-0.25, -0.2) is 9.97 Å². The molecule has 0 aliphatic carbocycles.